The molecule has 0 unspecified atom stereocenters. The molecule has 0 N–H and O–H groups in total. The maximum absolute atomic E-state index is 10.4. The van der Waals surface area contributed by atoms with Crippen LogP contribution in [0.15, 0.2) is 29.2 Å². The van der Waals surface area contributed by atoms with Gasteiger partial charge in [-0.1, -0.05) is 0 Å². The number of carboxylic acid groups (broad SMARTS) is 1. The average molecular weight is 234 g/mol. The van der Waals surface area contributed by atoms with E-state index in [1.165, 1.54) is 6.92 Å². The van der Waals surface area contributed by atoms with Gasteiger partial charge in [0, 0.05) is 4.90 Å². The van der Waals surface area contributed by atoms with Crippen molar-refractivity contribution in [2.75, 3.05) is 6.26 Å². The Bertz CT molecular complexity index is 313. The molecule has 0 saturated carbocycles. The minimum absolute atomic E-state index is 0. The molecule has 0 aliphatic rings. The number of carbonyl (C=O) groups is 1. The molecule has 0 fully saturated rings. The number of carbonyl (C=O) groups excluding carboxylic acids is 1. The van der Waals surface area contributed by atoms with Crippen LogP contribution in [-0.2, 0) is 4.79 Å². The van der Waals surface area contributed by atoms with Crippen molar-refractivity contribution in [1.82, 2.24) is 0 Å². The van der Waals surface area contributed by atoms with Crippen LogP contribution in [0.2, 0.25) is 0 Å². The van der Waals surface area contributed by atoms with Gasteiger partial charge < -0.3 is 14.6 Å². The second kappa shape index (κ2) is 7.17. The van der Waals surface area contributed by atoms with Crippen LogP contribution in [0.5, 0.6) is 5.75 Å². The van der Waals surface area contributed by atoms with E-state index >= 15 is 0 Å². The number of rotatable bonds is 4. The summed E-state index contributed by atoms with van der Waals surface area (Å²) in [6.45, 7) is 1.44. The second-order valence-electron chi connectivity index (χ2n) is 2.75. The molecule has 1 aromatic rings. The first-order chi connectivity index (χ1) is 6.63. The third-order valence-corrected chi connectivity index (χ3v) is 2.45. The number of benzene rings is 1. The van der Waals surface area contributed by atoms with Crippen molar-refractivity contribution in [3.05, 3.63) is 24.3 Å². The molecule has 15 heavy (non-hydrogen) atoms. The van der Waals surface area contributed by atoms with Gasteiger partial charge in [-0.3, -0.25) is 0 Å². The van der Waals surface area contributed by atoms with E-state index in [-0.39, 0.29) is 29.6 Å². The van der Waals surface area contributed by atoms with E-state index in [0.29, 0.717) is 5.75 Å². The van der Waals surface area contributed by atoms with Crippen molar-refractivity contribution in [1.29, 1.82) is 0 Å². The maximum atomic E-state index is 10.4. The zero-order valence-corrected chi connectivity index (χ0v) is 11.8. The molecule has 1 atom stereocenters. The monoisotopic (exact) mass is 234 g/mol. The summed E-state index contributed by atoms with van der Waals surface area (Å²) in [5, 5.41) is 10.4. The van der Waals surface area contributed by atoms with Gasteiger partial charge in [0.1, 0.15) is 11.9 Å². The van der Waals surface area contributed by atoms with E-state index in [4.69, 9.17) is 4.74 Å². The van der Waals surface area contributed by atoms with Crippen LogP contribution in [0.4, 0.5) is 0 Å². The Balaban J connectivity index is 0.00000196. The molecule has 76 valence electrons. The van der Waals surface area contributed by atoms with Crippen molar-refractivity contribution in [3.8, 4) is 5.75 Å². The summed E-state index contributed by atoms with van der Waals surface area (Å²) in [4.78, 5) is 11.5. The van der Waals surface area contributed by atoms with E-state index in [0.717, 1.165) is 4.90 Å². The van der Waals surface area contributed by atoms with Gasteiger partial charge in [0.15, 0.2) is 0 Å². The molecule has 1 aromatic carbocycles. The normalized spacial score (nSPS) is 11.3. The molecule has 0 spiro atoms. The summed E-state index contributed by atoms with van der Waals surface area (Å²) in [5.74, 6) is -0.668. The number of ether oxygens (including phenoxy) is 1. The largest absolute Gasteiger partial charge is 1.00 e. The Kier molecular flexibility index (Phi) is 7.09. The summed E-state index contributed by atoms with van der Waals surface area (Å²) in [6.07, 6.45) is 1.05. The zero-order chi connectivity index (χ0) is 10.6. The Morgan fingerprint density at radius 3 is 2.33 bits per heavy atom. The van der Waals surface area contributed by atoms with E-state index in [9.17, 15) is 9.90 Å². The summed E-state index contributed by atoms with van der Waals surface area (Å²) >= 11 is 1.62. The van der Waals surface area contributed by atoms with Gasteiger partial charge in [-0.2, -0.15) is 0 Å². The van der Waals surface area contributed by atoms with Crippen LogP contribution in [0.1, 0.15) is 6.92 Å². The molecule has 0 aliphatic heterocycles. The zero-order valence-electron chi connectivity index (χ0n) is 9.02. The molecule has 0 aromatic heterocycles. The van der Waals surface area contributed by atoms with Crippen molar-refractivity contribution in [2.24, 2.45) is 0 Å². The van der Waals surface area contributed by atoms with Crippen molar-refractivity contribution >= 4 is 17.7 Å². The maximum Gasteiger partial charge on any atom is 1.00 e. The van der Waals surface area contributed by atoms with Gasteiger partial charge in [0.25, 0.3) is 0 Å². The van der Waals surface area contributed by atoms with Crippen LogP contribution < -0.4 is 39.4 Å². The molecule has 0 bridgehead atoms. The van der Waals surface area contributed by atoms with Crippen LogP contribution in [0.3, 0.4) is 0 Å². The third-order valence-electron chi connectivity index (χ3n) is 1.70. The Labute approximate surface area is 115 Å². The Morgan fingerprint density at radius 2 is 1.93 bits per heavy atom. The van der Waals surface area contributed by atoms with E-state index < -0.39 is 12.1 Å². The SMILES string of the molecule is CSc1ccc(O[C@@H](C)C(=O)[O-])cc1.[Na+]. The van der Waals surface area contributed by atoms with Crippen molar-refractivity contribution in [3.63, 3.8) is 0 Å². The van der Waals surface area contributed by atoms with Gasteiger partial charge >= 0.3 is 29.6 Å². The van der Waals surface area contributed by atoms with Crippen LogP contribution in [-0.4, -0.2) is 18.3 Å². The van der Waals surface area contributed by atoms with Gasteiger partial charge in [-0.25, -0.2) is 0 Å². The molecule has 0 heterocycles. The van der Waals surface area contributed by atoms with Crippen LogP contribution >= 0.6 is 11.8 Å². The molecule has 0 saturated heterocycles. The second-order valence-corrected chi connectivity index (χ2v) is 3.63. The first-order valence-electron chi connectivity index (χ1n) is 4.15. The number of carboxylic acids is 1. The molecular formula is C10H11NaO3S. The van der Waals surface area contributed by atoms with Crippen LogP contribution in [0.25, 0.3) is 0 Å². The standard InChI is InChI=1S/C10H12O3S.Na/c1-7(10(11)12)13-8-3-5-9(14-2)6-4-8;/h3-7H,1-2H3,(H,11,12);/q;+1/p-1/t7-;/m0./s1. The summed E-state index contributed by atoms with van der Waals surface area (Å²) in [5.41, 5.74) is 0. The summed E-state index contributed by atoms with van der Waals surface area (Å²) in [7, 11) is 0. The summed E-state index contributed by atoms with van der Waals surface area (Å²) in [6, 6.07) is 7.24. The first-order valence-corrected chi connectivity index (χ1v) is 5.37. The minimum Gasteiger partial charge on any atom is -0.546 e. The van der Waals surface area contributed by atoms with Crippen molar-refractivity contribution < 1.29 is 44.2 Å². The number of aliphatic carboxylic acids is 1. The Hall–Kier alpha value is -0.160. The number of thioether (sulfide) groups is 1. The van der Waals surface area contributed by atoms with Gasteiger partial charge in [-0.05, 0) is 37.4 Å². The van der Waals surface area contributed by atoms with Crippen molar-refractivity contribution in [2.45, 2.75) is 17.9 Å². The number of hydrogen-bond donors (Lipinski definition) is 0. The molecule has 5 heteroatoms. The predicted octanol–water partition coefficient (Wildman–Crippen LogP) is -2.07. The molecule has 1 rings (SSSR count). The molecule has 3 nitrogen and oxygen atoms in total. The smallest absolute Gasteiger partial charge is 0.546 e. The number of hydrogen-bond acceptors (Lipinski definition) is 4. The van der Waals surface area contributed by atoms with Gasteiger partial charge in [0.2, 0.25) is 0 Å². The van der Waals surface area contributed by atoms with E-state index in [1.54, 1.807) is 23.9 Å². The molecule has 0 aliphatic carbocycles. The fourth-order valence-electron chi connectivity index (χ4n) is 0.907. The Morgan fingerprint density at radius 1 is 1.40 bits per heavy atom. The fourth-order valence-corrected chi connectivity index (χ4v) is 1.31. The minimum atomic E-state index is -1.21. The molecule has 0 radical (unpaired) electrons. The van der Waals surface area contributed by atoms with E-state index in [2.05, 4.69) is 0 Å². The molecule has 0 amide bonds. The topological polar surface area (TPSA) is 49.4 Å². The first kappa shape index (κ1) is 14.8. The van der Waals surface area contributed by atoms with E-state index in [1.807, 2.05) is 18.4 Å². The predicted molar refractivity (Wildman–Crippen MR) is 53.3 cm³/mol. The quantitative estimate of drug-likeness (QED) is 0.443. The van der Waals surface area contributed by atoms with Gasteiger partial charge in [0.05, 0.1) is 5.97 Å². The van der Waals surface area contributed by atoms with Crippen LogP contribution in [0, 0.1) is 0 Å². The van der Waals surface area contributed by atoms with Gasteiger partial charge in [-0.15, -0.1) is 11.8 Å². The summed E-state index contributed by atoms with van der Waals surface area (Å²) < 4.78 is 5.10. The average Bonchev–Trinajstić information content (AvgIpc) is 2.19. The molecular weight excluding hydrogens is 223 g/mol. The fraction of sp³-hybridized carbons (Fsp3) is 0.300. The third kappa shape index (κ3) is 4.93.